The first kappa shape index (κ1) is 14.0. The van der Waals surface area contributed by atoms with Gasteiger partial charge in [-0.1, -0.05) is 6.42 Å². The molecule has 1 heterocycles. The largest absolute Gasteiger partial charge is 0.481 e. The summed E-state index contributed by atoms with van der Waals surface area (Å²) in [4.78, 5) is 24.3. The maximum Gasteiger partial charge on any atom is 0.305 e. The Kier molecular flexibility index (Phi) is 5.97. The van der Waals surface area contributed by atoms with Crippen LogP contribution in [0.4, 0.5) is 0 Å². The standard InChI is InChI=1S/C12H22N2O3/c1-10(9-12(16)17)13-11(15)5-8-14-6-3-2-4-7-14/h10H,2-9H2,1H3,(H,13,15)(H,16,17). The van der Waals surface area contributed by atoms with Crippen LogP contribution in [0.1, 0.15) is 39.0 Å². The Morgan fingerprint density at radius 2 is 1.94 bits per heavy atom. The van der Waals surface area contributed by atoms with E-state index in [2.05, 4.69) is 10.2 Å². The van der Waals surface area contributed by atoms with E-state index in [0.717, 1.165) is 19.6 Å². The van der Waals surface area contributed by atoms with Gasteiger partial charge in [0.15, 0.2) is 0 Å². The number of hydrogen-bond acceptors (Lipinski definition) is 3. The van der Waals surface area contributed by atoms with Crippen LogP contribution >= 0.6 is 0 Å². The highest BCUT2D eigenvalue weighted by Gasteiger charge is 2.14. The molecule has 0 aromatic heterocycles. The van der Waals surface area contributed by atoms with E-state index in [0.29, 0.717) is 6.42 Å². The SMILES string of the molecule is CC(CC(=O)O)NC(=O)CCN1CCCCC1. The molecule has 1 atom stereocenters. The smallest absolute Gasteiger partial charge is 0.305 e. The summed E-state index contributed by atoms with van der Waals surface area (Å²) in [6.07, 6.45) is 4.17. The fourth-order valence-corrected chi connectivity index (χ4v) is 2.10. The highest BCUT2D eigenvalue weighted by molar-refractivity contribution is 5.77. The fraction of sp³-hybridized carbons (Fsp3) is 0.833. The third kappa shape index (κ3) is 6.26. The minimum atomic E-state index is -0.881. The molecule has 0 aromatic carbocycles. The molecule has 1 saturated heterocycles. The van der Waals surface area contributed by atoms with Gasteiger partial charge >= 0.3 is 5.97 Å². The van der Waals surface area contributed by atoms with E-state index in [4.69, 9.17) is 5.11 Å². The summed E-state index contributed by atoms with van der Waals surface area (Å²) < 4.78 is 0. The predicted octanol–water partition coefficient (Wildman–Crippen LogP) is 0.842. The second-order valence-electron chi connectivity index (χ2n) is 4.72. The number of amides is 1. The van der Waals surface area contributed by atoms with Crippen LogP contribution in [0.25, 0.3) is 0 Å². The van der Waals surface area contributed by atoms with Crippen LogP contribution in [-0.2, 0) is 9.59 Å². The molecule has 1 rings (SSSR count). The van der Waals surface area contributed by atoms with Crippen LogP contribution in [0.5, 0.6) is 0 Å². The Morgan fingerprint density at radius 1 is 1.29 bits per heavy atom. The number of carboxylic acids is 1. The molecule has 2 N–H and O–H groups in total. The molecule has 0 aromatic rings. The van der Waals surface area contributed by atoms with Crippen molar-refractivity contribution in [2.45, 2.75) is 45.1 Å². The van der Waals surface area contributed by atoms with E-state index in [9.17, 15) is 9.59 Å². The van der Waals surface area contributed by atoms with Crippen LogP contribution in [-0.4, -0.2) is 47.6 Å². The van der Waals surface area contributed by atoms with Crippen molar-refractivity contribution >= 4 is 11.9 Å². The Hall–Kier alpha value is -1.10. The van der Waals surface area contributed by atoms with E-state index >= 15 is 0 Å². The lowest BCUT2D eigenvalue weighted by atomic mass is 10.1. The van der Waals surface area contributed by atoms with Crippen molar-refractivity contribution in [3.8, 4) is 0 Å². The Labute approximate surface area is 102 Å². The summed E-state index contributed by atoms with van der Waals surface area (Å²) in [6, 6.07) is -0.290. The highest BCUT2D eigenvalue weighted by atomic mass is 16.4. The van der Waals surface area contributed by atoms with Crippen LogP contribution in [0.2, 0.25) is 0 Å². The molecule has 5 nitrogen and oxygen atoms in total. The topological polar surface area (TPSA) is 69.6 Å². The zero-order chi connectivity index (χ0) is 12.7. The monoisotopic (exact) mass is 242 g/mol. The summed E-state index contributed by atoms with van der Waals surface area (Å²) in [5.41, 5.74) is 0. The molecule has 1 unspecified atom stereocenters. The quantitative estimate of drug-likeness (QED) is 0.724. The summed E-state index contributed by atoms with van der Waals surface area (Å²) >= 11 is 0. The van der Waals surface area contributed by atoms with Crippen molar-refractivity contribution < 1.29 is 14.7 Å². The highest BCUT2D eigenvalue weighted by Crippen LogP contribution is 2.08. The van der Waals surface area contributed by atoms with E-state index in [1.54, 1.807) is 6.92 Å². The third-order valence-corrected chi connectivity index (χ3v) is 2.99. The third-order valence-electron chi connectivity index (χ3n) is 2.99. The molecule has 0 saturated carbocycles. The van der Waals surface area contributed by atoms with Gasteiger partial charge in [-0.15, -0.1) is 0 Å². The van der Waals surface area contributed by atoms with Crippen LogP contribution < -0.4 is 5.32 Å². The van der Waals surface area contributed by atoms with Gasteiger partial charge in [0.05, 0.1) is 6.42 Å². The number of piperidine rings is 1. The Balaban J connectivity index is 2.13. The number of nitrogens with zero attached hydrogens (tertiary/aromatic N) is 1. The number of carbonyl (C=O) groups excluding carboxylic acids is 1. The number of aliphatic carboxylic acids is 1. The summed E-state index contributed by atoms with van der Waals surface area (Å²) in [6.45, 7) is 4.66. The number of carboxylic acid groups (broad SMARTS) is 1. The molecule has 98 valence electrons. The molecule has 5 heteroatoms. The van der Waals surface area contributed by atoms with Crippen molar-refractivity contribution in [3.63, 3.8) is 0 Å². The molecular formula is C12H22N2O3. The summed E-state index contributed by atoms with van der Waals surface area (Å²) in [5, 5.41) is 11.3. The number of carbonyl (C=O) groups is 2. The van der Waals surface area contributed by atoms with Crippen molar-refractivity contribution in [2.24, 2.45) is 0 Å². The van der Waals surface area contributed by atoms with Gasteiger partial charge in [-0.05, 0) is 32.9 Å². The first-order valence-corrected chi connectivity index (χ1v) is 6.31. The Morgan fingerprint density at radius 3 is 2.53 bits per heavy atom. The van der Waals surface area contributed by atoms with E-state index in [1.807, 2.05) is 0 Å². The molecule has 0 radical (unpaired) electrons. The molecule has 1 amide bonds. The van der Waals surface area contributed by atoms with Gasteiger partial charge in [-0.2, -0.15) is 0 Å². The van der Waals surface area contributed by atoms with Crippen molar-refractivity contribution in [2.75, 3.05) is 19.6 Å². The number of likely N-dealkylation sites (tertiary alicyclic amines) is 1. The van der Waals surface area contributed by atoms with Crippen LogP contribution in [0.15, 0.2) is 0 Å². The predicted molar refractivity (Wildman–Crippen MR) is 64.8 cm³/mol. The average Bonchev–Trinajstić information content (AvgIpc) is 2.26. The van der Waals surface area contributed by atoms with Gasteiger partial charge in [-0.25, -0.2) is 0 Å². The molecular weight excluding hydrogens is 220 g/mol. The Bertz CT molecular complexity index is 262. The van der Waals surface area contributed by atoms with E-state index in [1.165, 1.54) is 19.3 Å². The molecule has 1 aliphatic rings. The number of nitrogens with one attached hydrogen (secondary N) is 1. The van der Waals surface area contributed by atoms with Gasteiger partial charge in [0, 0.05) is 19.0 Å². The normalized spacial score (nSPS) is 18.6. The lowest BCUT2D eigenvalue weighted by molar-refractivity contribution is -0.137. The molecule has 1 fully saturated rings. The van der Waals surface area contributed by atoms with Crippen molar-refractivity contribution in [1.82, 2.24) is 10.2 Å². The number of hydrogen-bond donors (Lipinski definition) is 2. The van der Waals surface area contributed by atoms with Crippen molar-refractivity contribution in [1.29, 1.82) is 0 Å². The maximum absolute atomic E-state index is 11.5. The number of rotatable bonds is 6. The van der Waals surface area contributed by atoms with Gasteiger partial charge in [0.25, 0.3) is 0 Å². The van der Waals surface area contributed by atoms with Crippen LogP contribution in [0.3, 0.4) is 0 Å². The average molecular weight is 242 g/mol. The van der Waals surface area contributed by atoms with Gasteiger partial charge < -0.3 is 15.3 Å². The first-order valence-electron chi connectivity index (χ1n) is 6.31. The van der Waals surface area contributed by atoms with Gasteiger partial charge in [-0.3, -0.25) is 9.59 Å². The zero-order valence-electron chi connectivity index (χ0n) is 10.4. The second kappa shape index (κ2) is 7.27. The molecule has 1 aliphatic heterocycles. The molecule has 17 heavy (non-hydrogen) atoms. The van der Waals surface area contributed by atoms with E-state index < -0.39 is 5.97 Å². The van der Waals surface area contributed by atoms with Crippen molar-refractivity contribution in [3.05, 3.63) is 0 Å². The lowest BCUT2D eigenvalue weighted by Gasteiger charge is -2.26. The minimum Gasteiger partial charge on any atom is -0.481 e. The molecule has 0 spiro atoms. The fourth-order valence-electron chi connectivity index (χ4n) is 2.10. The van der Waals surface area contributed by atoms with E-state index in [-0.39, 0.29) is 18.4 Å². The summed E-state index contributed by atoms with van der Waals surface area (Å²) in [5.74, 6) is -0.932. The summed E-state index contributed by atoms with van der Waals surface area (Å²) in [7, 11) is 0. The lowest BCUT2D eigenvalue weighted by Crippen LogP contribution is -2.38. The maximum atomic E-state index is 11.5. The second-order valence-corrected chi connectivity index (χ2v) is 4.72. The zero-order valence-corrected chi connectivity index (χ0v) is 10.4. The first-order chi connectivity index (χ1) is 8.08. The van der Waals surface area contributed by atoms with Gasteiger partial charge in [0.1, 0.15) is 0 Å². The minimum absolute atomic E-state index is 0.0184. The molecule has 0 bridgehead atoms. The van der Waals surface area contributed by atoms with Gasteiger partial charge in [0.2, 0.25) is 5.91 Å². The van der Waals surface area contributed by atoms with Crippen LogP contribution in [0, 0.1) is 0 Å². The molecule has 0 aliphatic carbocycles.